The van der Waals surface area contributed by atoms with E-state index in [1.165, 1.54) is 0 Å². The number of carbonyl (C=O) groups excluding carboxylic acids is 1. The van der Waals surface area contributed by atoms with Crippen molar-refractivity contribution in [2.75, 3.05) is 6.61 Å². The van der Waals surface area contributed by atoms with Crippen LogP contribution in [0.25, 0.3) is 0 Å². The summed E-state index contributed by atoms with van der Waals surface area (Å²) in [5.41, 5.74) is 0.654. The molecule has 0 N–H and O–H groups in total. The van der Waals surface area contributed by atoms with Crippen LogP contribution in [-0.2, 0) is 0 Å². The molecule has 80 valence electrons. The largest absolute Gasteiger partial charge is 0.494 e. The third kappa shape index (κ3) is 5.09. The van der Waals surface area contributed by atoms with Gasteiger partial charge in [0.25, 0.3) is 0 Å². The Kier molecular flexibility index (Phi) is 7.13. The highest BCUT2D eigenvalue weighted by molar-refractivity contribution is 5.85. The zero-order valence-electron chi connectivity index (χ0n) is 8.31. The molecule has 3 heteroatoms. The van der Waals surface area contributed by atoms with Gasteiger partial charge in [0.1, 0.15) is 12.0 Å². The fourth-order valence-corrected chi connectivity index (χ4v) is 1.01. The molecule has 1 aromatic rings. The van der Waals surface area contributed by atoms with E-state index in [1.807, 2.05) is 0 Å². The van der Waals surface area contributed by atoms with E-state index in [0.717, 1.165) is 24.9 Å². The molecule has 0 amide bonds. The molecule has 0 aliphatic carbocycles. The van der Waals surface area contributed by atoms with Crippen LogP contribution < -0.4 is 4.74 Å². The monoisotopic (exact) mass is 224 g/mol. The van der Waals surface area contributed by atoms with Crippen molar-refractivity contribution in [3.63, 3.8) is 0 Å². The molecule has 1 aromatic carbocycles. The Hall–Kier alpha value is -1.46. The van der Waals surface area contributed by atoms with Crippen LogP contribution in [0.2, 0.25) is 0 Å². The van der Waals surface area contributed by atoms with Gasteiger partial charge in [0, 0.05) is 12.0 Å². The Morgan fingerprint density at radius 3 is 2.53 bits per heavy atom. The van der Waals surface area contributed by atoms with Crippen LogP contribution in [-0.4, -0.2) is 12.9 Å². The van der Waals surface area contributed by atoms with E-state index in [4.69, 9.17) is 11.2 Å². The molecular weight excluding hydrogens is 212 g/mol. The fraction of sp³-hybridized carbons (Fsp3) is 0.250. The Morgan fingerprint density at radius 1 is 1.33 bits per heavy atom. The first kappa shape index (κ1) is 13.5. The van der Waals surface area contributed by atoms with Crippen molar-refractivity contribution in [3.8, 4) is 18.1 Å². The van der Waals surface area contributed by atoms with Crippen LogP contribution in [0.5, 0.6) is 5.75 Å². The van der Waals surface area contributed by atoms with Gasteiger partial charge in [-0.15, -0.1) is 24.8 Å². The molecule has 0 spiro atoms. The molecule has 0 aromatic heterocycles. The number of halogens is 1. The van der Waals surface area contributed by atoms with E-state index < -0.39 is 0 Å². The summed E-state index contributed by atoms with van der Waals surface area (Å²) in [6, 6.07) is 7.01. The molecule has 0 aliphatic rings. The highest BCUT2D eigenvalue weighted by atomic mass is 35.5. The van der Waals surface area contributed by atoms with Crippen molar-refractivity contribution < 1.29 is 9.53 Å². The number of carbonyl (C=O) groups is 1. The van der Waals surface area contributed by atoms with Crippen molar-refractivity contribution in [1.29, 1.82) is 0 Å². The summed E-state index contributed by atoms with van der Waals surface area (Å²) >= 11 is 0. The lowest BCUT2D eigenvalue weighted by Crippen LogP contribution is -1.96. The summed E-state index contributed by atoms with van der Waals surface area (Å²) in [5.74, 6) is 3.32. The fourth-order valence-electron chi connectivity index (χ4n) is 1.01. The Labute approximate surface area is 96.0 Å². The number of rotatable bonds is 5. The van der Waals surface area contributed by atoms with E-state index in [2.05, 4.69) is 5.92 Å². The lowest BCUT2D eigenvalue weighted by atomic mass is 10.2. The number of hydrogen-bond donors (Lipinski definition) is 0. The lowest BCUT2D eigenvalue weighted by Gasteiger charge is -2.04. The van der Waals surface area contributed by atoms with Crippen molar-refractivity contribution in [2.45, 2.75) is 12.8 Å². The number of unbranched alkanes of at least 4 members (excludes halogenated alkanes) is 1. The van der Waals surface area contributed by atoms with Crippen molar-refractivity contribution >= 4 is 18.7 Å². The SMILES string of the molecule is C#CCCCOc1ccc(C=O)cc1.Cl. The van der Waals surface area contributed by atoms with Gasteiger partial charge in [0.2, 0.25) is 0 Å². The van der Waals surface area contributed by atoms with Crippen molar-refractivity contribution in [1.82, 2.24) is 0 Å². The second kappa shape index (κ2) is 7.90. The van der Waals surface area contributed by atoms with Gasteiger partial charge in [-0.05, 0) is 30.7 Å². The molecule has 1 rings (SSSR count). The summed E-state index contributed by atoms with van der Waals surface area (Å²) in [6.45, 7) is 0.616. The second-order valence-corrected chi connectivity index (χ2v) is 2.84. The number of ether oxygens (including phenoxy) is 1. The average molecular weight is 225 g/mol. The summed E-state index contributed by atoms with van der Waals surface area (Å²) in [5, 5.41) is 0. The highest BCUT2D eigenvalue weighted by Gasteiger charge is 1.93. The van der Waals surface area contributed by atoms with Gasteiger partial charge >= 0.3 is 0 Å². The topological polar surface area (TPSA) is 26.3 Å². The maximum atomic E-state index is 10.4. The molecule has 2 nitrogen and oxygen atoms in total. The first-order valence-corrected chi connectivity index (χ1v) is 4.48. The minimum absolute atomic E-state index is 0. The maximum Gasteiger partial charge on any atom is 0.150 e. The third-order valence-corrected chi connectivity index (χ3v) is 1.75. The molecule has 0 saturated heterocycles. The summed E-state index contributed by atoms with van der Waals surface area (Å²) < 4.78 is 5.40. The van der Waals surface area contributed by atoms with Gasteiger partial charge < -0.3 is 4.74 Å². The van der Waals surface area contributed by atoms with Gasteiger partial charge in [-0.1, -0.05) is 0 Å². The van der Waals surface area contributed by atoms with E-state index in [-0.39, 0.29) is 12.4 Å². The number of aldehydes is 1. The first-order valence-electron chi connectivity index (χ1n) is 4.48. The van der Waals surface area contributed by atoms with Crippen LogP contribution in [0.15, 0.2) is 24.3 Å². The summed E-state index contributed by atoms with van der Waals surface area (Å²) in [7, 11) is 0. The van der Waals surface area contributed by atoms with Gasteiger partial charge in [-0.3, -0.25) is 4.79 Å². The van der Waals surface area contributed by atoms with Crippen LogP contribution in [0, 0.1) is 12.3 Å². The predicted molar refractivity (Wildman–Crippen MR) is 62.6 cm³/mol. The molecule has 0 radical (unpaired) electrons. The van der Waals surface area contributed by atoms with Crippen LogP contribution in [0.1, 0.15) is 23.2 Å². The zero-order valence-corrected chi connectivity index (χ0v) is 9.13. The second-order valence-electron chi connectivity index (χ2n) is 2.84. The number of benzene rings is 1. The summed E-state index contributed by atoms with van der Waals surface area (Å²) in [4.78, 5) is 10.4. The van der Waals surface area contributed by atoms with Crippen LogP contribution in [0.4, 0.5) is 0 Å². The van der Waals surface area contributed by atoms with Gasteiger partial charge in [-0.25, -0.2) is 0 Å². The Morgan fingerprint density at radius 2 is 2.00 bits per heavy atom. The molecule has 0 unspecified atom stereocenters. The summed E-state index contributed by atoms with van der Waals surface area (Å²) in [6.07, 6.45) is 7.49. The normalized spacial score (nSPS) is 8.47. The van der Waals surface area contributed by atoms with Gasteiger partial charge in [0.15, 0.2) is 0 Å². The molecule has 0 aliphatic heterocycles. The third-order valence-electron chi connectivity index (χ3n) is 1.75. The molecule has 15 heavy (non-hydrogen) atoms. The molecule has 0 saturated carbocycles. The lowest BCUT2D eigenvalue weighted by molar-refractivity contribution is 0.112. The van der Waals surface area contributed by atoms with Gasteiger partial charge in [-0.2, -0.15) is 0 Å². The predicted octanol–water partition coefficient (Wildman–Crippen LogP) is 2.71. The van der Waals surface area contributed by atoms with E-state index >= 15 is 0 Å². The van der Waals surface area contributed by atoms with E-state index in [9.17, 15) is 4.79 Å². The standard InChI is InChI=1S/C12H12O2.ClH/c1-2-3-4-9-14-12-7-5-11(10-13)6-8-12;/h1,5-8,10H,3-4,9H2;1H. The number of hydrogen-bond acceptors (Lipinski definition) is 2. The van der Waals surface area contributed by atoms with Crippen LogP contribution in [0.3, 0.4) is 0 Å². The molecule has 0 fully saturated rings. The van der Waals surface area contributed by atoms with E-state index in [0.29, 0.717) is 12.2 Å². The Balaban J connectivity index is 0.00000196. The molecule has 0 heterocycles. The maximum absolute atomic E-state index is 10.4. The number of terminal acetylenes is 1. The van der Waals surface area contributed by atoms with Crippen molar-refractivity contribution in [3.05, 3.63) is 29.8 Å². The van der Waals surface area contributed by atoms with Crippen LogP contribution >= 0.6 is 12.4 Å². The Bertz CT molecular complexity index is 324. The highest BCUT2D eigenvalue weighted by Crippen LogP contribution is 2.11. The zero-order chi connectivity index (χ0) is 10.2. The smallest absolute Gasteiger partial charge is 0.150 e. The first-order chi connectivity index (χ1) is 6.86. The minimum atomic E-state index is 0. The molecular formula is C12H13ClO2. The molecule has 0 atom stereocenters. The van der Waals surface area contributed by atoms with Gasteiger partial charge in [0.05, 0.1) is 6.61 Å². The molecule has 0 bridgehead atoms. The average Bonchev–Trinajstić information content (AvgIpc) is 2.25. The van der Waals surface area contributed by atoms with Crippen molar-refractivity contribution in [2.24, 2.45) is 0 Å². The quantitative estimate of drug-likeness (QED) is 0.437. The van der Waals surface area contributed by atoms with E-state index in [1.54, 1.807) is 24.3 Å². The minimum Gasteiger partial charge on any atom is -0.494 e.